The zero-order valence-corrected chi connectivity index (χ0v) is 18.3. The zero-order valence-electron chi connectivity index (χ0n) is 17.5. The summed E-state index contributed by atoms with van der Waals surface area (Å²) in [5.41, 5.74) is 3.08. The fraction of sp³-hybridized carbons (Fsp3) is 0.136. The Balaban J connectivity index is 1.61. The average molecular weight is 449 g/mol. The lowest BCUT2D eigenvalue weighted by atomic mass is 10.1. The van der Waals surface area contributed by atoms with E-state index in [9.17, 15) is 13.2 Å². The van der Waals surface area contributed by atoms with E-state index >= 15 is 0 Å². The Morgan fingerprint density at radius 3 is 2.38 bits per heavy atom. The van der Waals surface area contributed by atoms with Gasteiger partial charge in [0.15, 0.2) is 22.1 Å². The summed E-state index contributed by atoms with van der Waals surface area (Å²) in [6.07, 6.45) is 5.60. The number of sulfone groups is 1. The van der Waals surface area contributed by atoms with E-state index < -0.39 is 15.7 Å². The van der Waals surface area contributed by atoms with Crippen LogP contribution in [0.1, 0.15) is 21.7 Å². The highest BCUT2D eigenvalue weighted by atomic mass is 32.2. The lowest BCUT2D eigenvalue weighted by molar-refractivity contribution is 0.0997. The smallest absolute Gasteiger partial charge is 0.294 e. The quantitative estimate of drug-likeness (QED) is 0.490. The minimum Gasteiger partial charge on any atom is -0.438 e. The Morgan fingerprint density at radius 1 is 0.969 bits per heavy atom. The zero-order chi connectivity index (χ0) is 22.9. The molecule has 0 fully saturated rings. The first-order valence-corrected chi connectivity index (χ1v) is 11.4. The van der Waals surface area contributed by atoms with Crippen LogP contribution in [0.3, 0.4) is 0 Å². The third-order valence-electron chi connectivity index (χ3n) is 4.67. The molecule has 1 aromatic carbocycles. The molecule has 3 heterocycles. The van der Waals surface area contributed by atoms with Crippen molar-refractivity contribution in [1.29, 1.82) is 0 Å². The predicted octanol–water partition coefficient (Wildman–Crippen LogP) is 3.47. The van der Waals surface area contributed by atoms with Gasteiger partial charge in [-0.2, -0.15) is 0 Å². The molecular weight excluding hydrogens is 430 g/mol. The molecule has 162 valence electrons. The predicted molar refractivity (Wildman–Crippen MR) is 118 cm³/mol. The first kappa shape index (κ1) is 21.3. The summed E-state index contributed by atoms with van der Waals surface area (Å²) >= 11 is 0. The Hall–Kier alpha value is -3.92. The van der Waals surface area contributed by atoms with E-state index in [1.165, 1.54) is 12.1 Å². The van der Waals surface area contributed by atoms with Crippen LogP contribution >= 0.6 is 0 Å². The maximum absolute atomic E-state index is 12.9. The second-order valence-corrected chi connectivity index (χ2v) is 9.24. The molecule has 4 aromatic rings. The summed E-state index contributed by atoms with van der Waals surface area (Å²) in [5, 5.41) is 2.73. The van der Waals surface area contributed by atoms with Crippen molar-refractivity contribution in [3.05, 3.63) is 72.1 Å². The number of nitrogens with zero attached hydrogens (tertiary/aromatic N) is 4. The minimum absolute atomic E-state index is 0.0230. The highest BCUT2D eigenvalue weighted by molar-refractivity contribution is 7.90. The van der Waals surface area contributed by atoms with Crippen LogP contribution in [0.4, 0.5) is 5.82 Å². The number of rotatable bonds is 5. The molecular formula is C22H19N5O4S. The fourth-order valence-electron chi connectivity index (χ4n) is 2.93. The van der Waals surface area contributed by atoms with Gasteiger partial charge in [0.2, 0.25) is 5.76 Å². The Kier molecular flexibility index (Phi) is 5.54. The monoisotopic (exact) mass is 449 g/mol. The van der Waals surface area contributed by atoms with Crippen LogP contribution in [0, 0.1) is 13.8 Å². The Morgan fingerprint density at radius 2 is 1.72 bits per heavy atom. The Bertz CT molecular complexity index is 1400. The molecule has 0 aliphatic rings. The van der Waals surface area contributed by atoms with E-state index in [1.54, 1.807) is 37.5 Å². The number of nitrogens with one attached hydrogen (secondary N) is 1. The van der Waals surface area contributed by atoms with Gasteiger partial charge in [0.25, 0.3) is 5.91 Å². The van der Waals surface area contributed by atoms with Gasteiger partial charge in [0.1, 0.15) is 17.2 Å². The molecule has 9 nitrogen and oxygen atoms in total. The fourth-order valence-corrected chi connectivity index (χ4v) is 3.56. The maximum Gasteiger partial charge on any atom is 0.294 e. The summed E-state index contributed by atoms with van der Waals surface area (Å²) in [4.78, 5) is 30.2. The molecule has 32 heavy (non-hydrogen) atoms. The van der Waals surface area contributed by atoms with Gasteiger partial charge in [-0.25, -0.2) is 23.4 Å². The SMILES string of the molecule is Cc1ccc(-c2ncc(C)c(NC(=O)c3ocnc3-c3ccc(S(C)(=O)=O)cc3)n2)nc1. The number of hydrogen-bond acceptors (Lipinski definition) is 8. The van der Waals surface area contributed by atoms with Crippen LogP contribution in [0.25, 0.3) is 22.8 Å². The number of anilines is 1. The topological polar surface area (TPSA) is 128 Å². The number of amides is 1. The van der Waals surface area contributed by atoms with Crippen molar-refractivity contribution >= 4 is 21.6 Å². The molecule has 0 radical (unpaired) electrons. The van der Waals surface area contributed by atoms with Gasteiger partial charge >= 0.3 is 0 Å². The van der Waals surface area contributed by atoms with E-state index in [0.717, 1.165) is 18.2 Å². The minimum atomic E-state index is -3.33. The highest BCUT2D eigenvalue weighted by Crippen LogP contribution is 2.25. The van der Waals surface area contributed by atoms with Crippen molar-refractivity contribution < 1.29 is 17.6 Å². The summed E-state index contributed by atoms with van der Waals surface area (Å²) in [6.45, 7) is 3.70. The van der Waals surface area contributed by atoms with Gasteiger partial charge in [0, 0.05) is 29.8 Å². The third kappa shape index (κ3) is 4.40. The molecule has 0 saturated carbocycles. The molecule has 0 aliphatic heterocycles. The molecule has 4 rings (SSSR count). The molecule has 0 spiro atoms. The van der Waals surface area contributed by atoms with Gasteiger partial charge < -0.3 is 9.73 Å². The lowest BCUT2D eigenvalue weighted by Gasteiger charge is -2.09. The number of hydrogen-bond donors (Lipinski definition) is 1. The van der Waals surface area contributed by atoms with E-state index in [0.29, 0.717) is 28.5 Å². The van der Waals surface area contributed by atoms with Gasteiger partial charge in [-0.1, -0.05) is 18.2 Å². The van der Waals surface area contributed by atoms with Crippen LogP contribution in [0.5, 0.6) is 0 Å². The summed E-state index contributed by atoms with van der Waals surface area (Å²) in [5.74, 6) is 0.122. The standard InChI is InChI=1S/C22H19N5O4S/c1-13-4-9-17(23-10-13)21-24-11-14(2)20(26-21)27-22(28)19-18(25-12-31-19)15-5-7-16(8-6-15)32(3,29)30/h4-12H,1-3H3,(H,24,26,27,28). The molecule has 0 bridgehead atoms. The first-order chi connectivity index (χ1) is 15.2. The molecule has 1 N–H and O–H groups in total. The van der Waals surface area contributed by atoms with Gasteiger partial charge in [-0.05, 0) is 37.6 Å². The van der Waals surface area contributed by atoms with E-state index in [-0.39, 0.29) is 16.3 Å². The summed E-state index contributed by atoms with van der Waals surface area (Å²) in [6, 6.07) is 9.76. The average Bonchev–Trinajstić information content (AvgIpc) is 3.25. The number of oxazole rings is 1. The molecule has 0 saturated heterocycles. The van der Waals surface area contributed by atoms with Crippen LogP contribution in [0.2, 0.25) is 0 Å². The largest absolute Gasteiger partial charge is 0.438 e. The van der Waals surface area contributed by atoms with Crippen LogP contribution < -0.4 is 5.32 Å². The molecule has 0 unspecified atom stereocenters. The van der Waals surface area contributed by atoms with E-state index in [1.807, 2.05) is 13.0 Å². The maximum atomic E-state index is 12.9. The van der Waals surface area contributed by atoms with Crippen molar-refractivity contribution in [2.75, 3.05) is 11.6 Å². The second kappa shape index (κ2) is 8.31. The van der Waals surface area contributed by atoms with Crippen molar-refractivity contribution in [1.82, 2.24) is 19.9 Å². The van der Waals surface area contributed by atoms with E-state index in [2.05, 4.69) is 25.3 Å². The number of aryl methyl sites for hydroxylation is 2. The lowest BCUT2D eigenvalue weighted by Crippen LogP contribution is -2.15. The van der Waals surface area contributed by atoms with Gasteiger partial charge in [-0.15, -0.1) is 0 Å². The van der Waals surface area contributed by atoms with Crippen LogP contribution in [-0.4, -0.2) is 40.5 Å². The molecule has 0 aliphatic carbocycles. The van der Waals surface area contributed by atoms with Crippen molar-refractivity contribution in [2.45, 2.75) is 18.7 Å². The summed E-state index contributed by atoms with van der Waals surface area (Å²) < 4.78 is 28.7. The van der Waals surface area contributed by atoms with Crippen LogP contribution in [-0.2, 0) is 9.84 Å². The number of benzene rings is 1. The summed E-state index contributed by atoms with van der Waals surface area (Å²) in [7, 11) is -3.33. The van der Waals surface area contributed by atoms with Crippen molar-refractivity contribution in [2.24, 2.45) is 0 Å². The number of pyridine rings is 1. The highest BCUT2D eigenvalue weighted by Gasteiger charge is 2.21. The molecule has 0 atom stereocenters. The molecule has 1 amide bonds. The number of aromatic nitrogens is 4. The first-order valence-electron chi connectivity index (χ1n) is 9.54. The number of carbonyl (C=O) groups excluding carboxylic acids is 1. The molecule has 3 aromatic heterocycles. The number of carbonyl (C=O) groups is 1. The normalized spacial score (nSPS) is 11.3. The van der Waals surface area contributed by atoms with Crippen LogP contribution in [0.15, 0.2) is 64.5 Å². The Labute approximate surface area is 184 Å². The van der Waals surface area contributed by atoms with Gasteiger partial charge in [0.05, 0.1) is 4.90 Å². The molecule has 10 heteroatoms. The third-order valence-corrected chi connectivity index (χ3v) is 5.80. The van der Waals surface area contributed by atoms with Crippen molar-refractivity contribution in [3.8, 4) is 22.8 Å². The van der Waals surface area contributed by atoms with Crippen molar-refractivity contribution in [3.63, 3.8) is 0 Å². The van der Waals surface area contributed by atoms with E-state index in [4.69, 9.17) is 4.42 Å². The second-order valence-electron chi connectivity index (χ2n) is 7.23. The van der Waals surface area contributed by atoms with Gasteiger partial charge in [-0.3, -0.25) is 9.78 Å².